The van der Waals surface area contributed by atoms with Crippen molar-refractivity contribution in [1.29, 1.82) is 0 Å². The first-order chi connectivity index (χ1) is 13.4. The molecule has 10 nitrogen and oxygen atoms in total. The van der Waals surface area contributed by atoms with Gasteiger partial charge >= 0.3 is 0 Å². The third-order valence-electron chi connectivity index (χ3n) is 4.80. The highest BCUT2D eigenvalue weighted by molar-refractivity contribution is 7.90. The number of hydrogen-bond donors (Lipinski definition) is 1. The summed E-state index contributed by atoms with van der Waals surface area (Å²) in [6, 6.07) is 9.88. The maximum Gasteiger partial charge on any atom is 0.227 e. The minimum Gasteiger partial charge on any atom is -0.355 e. The summed E-state index contributed by atoms with van der Waals surface area (Å²) in [5, 5.41) is 18.5. The van der Waals surface area contributed by atoms with Crippen LogP contribution in [0.5, 0.6) is 0 Å². The Morgan fingerprint density at radius 3 is 2.50 bits per heavy atom. The van der Waals surface area contributed by atoms with Gasteiger partial charge in [-0.1, -0.05) is 0 Å². The number of nitrogens with one attached hydrogen (secondary N) is 1. The van der Waals surface area contributed by atoms with Crippen LogP contribution in [0, 0.1) is 5.92 Å². The molecule has 0 spiro atoms. The average Bonchev–Trinajstić information content (AvgIpc) is 3.15. The van der Waals surface area contributed by atoms with Crippen LogP contribution in [0.2, 0.25) is 0 Å². The number of anilines is 2. The minimum atomic E-state index is -3.25. The van der Waals surface area contributed by atoms with E-state index in [-0.39, 0.29) is 16.7 Å². The van der Waals surface area contributed by atoms with Crippen LogP contribution < -0.4 is 10.2 Å². The van der Waals surface area contributed by atoms with E-state index in [4.69, 9.17) is 0 Å². The van der Waals surface area contributed by atoms with Gasteiger partial charge in [0, 0.05) is 31.0 Å². The molecule has 3 aromatic rings. The van der Waals surface area contributed by atoms with Gasteiger partial charge in [-0.05, 0) is 59.7 Å². The quantitative estimate of drug-likeness (QED) is 0.680. The van der Waals surface area contributed by atoms with Crippen molar-refractivity contribution in [3.05, 3.63) is 36.4 Å². The molecular weight excluding hydrogens is 382 g/mol. The summed E-state index contributed by atoms with van der Waals surface area (Å²) in [5.41, 5.74) is 1.17. The number of benzene rings is 1. The second kappa shape index (κ2) is 7.15. The highest BCUT2D eigenvalue weighted by Gasteiger charge is 2.26. The fourth-order valence-electron chi connectivity index (χ4n) is 3.21. The zero-order chi connectivity index (χ0) is 19.7. The van der Waals surface area contributed by atoms with Gasteiger partial charge in [0.25, 0.3) is 0 Å². The zero-order valence-corrected chi connectivity index (χ0v) is 16.0. The zero-order valence-electron chi connectivity index (χ0n) is 15.2. The Labute approximate surface area is 161 Å². The number of rotatable bonds is 4. The molecule has 1 saturated heterocycles. The fraction of sp³-hybridized carbons (Fsp3) is 0.353. The first-order valence-corrected chi connectivity index (χ1v) is 10.7. The predicted molar refractivity (Wildman–Crippen MR) is 102 cm³/mol. The van der Waals surface area contributed by atoms with Crippen LogP contribution in [0.15, 0.2) is 41.3 Å². The van der Waals surface area contributed by atoms with Crippen molar-refractivity contribution < 1.29 is 13.2 Å². The van der Waals surface area contributed by atoms with Gasteiger partial charge in [-0.15, -0.1) is 14.8 Å². The molecule has 2 aromatic heterocycles. The molecular formula is C17H19N7O3S. The number of aromatic nitrogens is 5. The van der Waals surface area contributed by atoms with Crippen LogP contribution in [0.25, 0.3) is 5.65 Å². The summed E-state index contributed by atoms with van der Waals surface area (Å²) in [5.74, 6) is 0.605. The monoisotopic (exact) mass is 401 g/mol. The first-order valence-electron chi connectivity index (χ1n) is 8.81. The lowest BCUT2D eigenvalue weighted by atomic mass is 9.96. The Kier molecular flexibility index (Phi) is 4.67. The molecule has 1 aliphatic rings. The van der Waals surface area contributed by atoms with E-state index < -0.39 is 9.84 Å². The van der Waals surface area contributed by atoms with Crippen molar-refractivity contribution in [3.8, 4) is 0 Å². The van der Waals surface area contributed by atoms with Crippen molar-refractivity contribution in [1.82, 2.24) is 25.3 Å². The van der Waals surface area contributed by atoms with Gasteiger partial charge in [0.15, 0.2) is 21.3 Å². The maximum atomic E-state index is 12.5. The van der Waals surface area contributed by atoms with Gasteiger partial charge in [-0.2, -0.15) is 0 Å². The summed E-state index contributed by atoms with van der Waals surface area (Å²) in [6.07, 6.45) is 2.55. The normalized spacial score (nSPS) is 15.7. The maximum absolute atomic E-state index is 12.5. The standard InChI is InChI=1S/C17H19N7O3S/c1-28(26,27)14-4-2-13(3-5-14)18-17(25)12-8-10-23(11-9-12)16-7-6-15-19-21-22-24(15)20-16/h2-7,12H,8-11H2,1H3,(H,18,25). The lowest BCUT2D eigenvalue weighted by Crippen LogP contribution is -2.38. The summed E-state index contributed by atoms with van der Waals surface area (Å²) in [4.78, 5) is 14.9. The van der Waals surface area contributed by atoms with Gasteiger partial charge < -0.3 is 10.2 Å². The Morgan fingerprint density at radius 1 is 1.11 bits per heavy atom. The van der Waals surface area contributed by atoms with Crippen molar-refractivity contribution in [2.45, 2.75) is 17.7 Å². The molecule has 28 heavy (non-hydrogen) atoms. The largest absolute Gasteiger partial charge is 0.355 e. The van der Waals surface area contributed by atoms with E-state index >= 15 is 0 Å². The van der Waals surface area contributed by atoms with Gasteiger partial charge in [-0.3, -0.25) is 4.79 Å². The van der Waals surface area contributed by atoms with E-state index in [2.05, 4.69) is 30.8 Å². The minimum absolute atomic E-state index is 0.0596. The van der Waals surface area contributed by atoms with E-state index in [1.54, 1.807) is 18.2 Å². The molecule has 0 bridgehead atoms. The molecule has 1 aliphatic heterocycles. The molecule has 0 aliphatic carbocycles. The van der Waals surface area contributed by atoms with Crippen LogP contribution in [-0.2, 0) is 14.6 Å². The third kappa shape index (κ3) is 3.79. The fourth-order valence-corrected chi connectivity index (χ4v) is 3.84. The summed E-state index contributed by atoms with van der Waals surface area (Å²) >= 11 is 0. The lowest BCUT2D eigenvalue weighted by molar-refractivity contribution is -0.120. The molecule has 1 amide bonds. The number of hydrogen-bond acceptors (Lipinski definition) is 8. The molecule has 4 rings (SSSR count). The molecule has 0 unspecified atom stereocenters. The molecule has 0 saturated carbocycles. The lowest BCUT2D eigenvalue weighted by Gasteiger charge is -2.31. The summed E-state index contributed by atoms with van der Waals surface area (Å²) in [6.45, 7) is 1.40. The topological polar surface area (TPSA) is 122 Å². The summed E-state index contributed by atoms with van der Waals surface area (Å²) < 4.78 is 24.4. The molecule has 0 atom stereocenters. The second-order valence-corrected chi connectivity index (χ2v) is 8.78. The Morgan fingerprint density at radius 2 is 1.82 bits per heavy atom. The Bertz CT molecular complexity index is 1100. The number of amides is 1. The van der Waals surface area contributed by atoms with E-state index in [0.717, 1.165) is 12.1 Å². The van der Waals surface area contributed by atoms with Crippen LogP contribution in [0.1, 0.15) is 12.8 Å². The van der Waals surface area contributed by atoms with Crippen molar-refractivity contribution in [3.63, 3.8) is 0 Å². The van der Waals surface area contributed by atoms with Gasteiger partial charge in [0.05, 0.1) is 4.90 Å². The number of piperidine rings is 1. The van der Waals surface area contributed by atoms with Crippen molar-refractivity contribution in [2.24, 2.45) is 5.92 Å². The molecule has 1 aromatic carbocycles. The smallest absolute Gasteiger partial charge is 0.227 e. The molecule has 1 fully saturated rings. The number of carbonyl (C=O) groups is 1. The number of carbonyl (C=O) groups excluding carboxylic acids is 1. The Balaban J connectivity index is 1.36. The van der Waals surface area contributed by atoms with Gasteiger partial charge in [0.2, 0.25) is 5.91 Å². The second-order valence-electron chi connectivity index (χ2n) is 6.77. The number of fused-ring (bicyclic) bond motifs is 1. The van der Waals surface area contributed by atoms with Crippen LogP contribution in [0.4, 0.5) is 11.5 Å². The molecule has 146 valence electrons. The number of nitrogens with zero attached hydrogens (tertiary/aromatic N) is 6. The average molecular weight is 401 g/mol. The van der Waals surface area contributed by atoms with Gasteiger partial charge in [-0.25, -0.2) is 8.42 Å². The van der Waals surface area contributed by atoms with E-state index in [9.17, 15) is 13.2 Å². The van der Waals surface area contributed by atoms with Crippen molar-refractivity contribution >= 4 is 32.9 Å². The predicted octanol–water partition coefficient (Wildman–Crippen LogP) is 0.778. The highest BCUT2D eigenvalue weighted by Crippen LogP contribution is 2.23. The van der Waals surface area contributed by atoms with E-state index in [1.807, 2.05) is 6.07 Å². The summed E-state index contributed by atoms with van der Waals surface area (Å²) in [7, 11) is -3.25. The Hall–Kier alpha value is -3.08. The van der Waals surface area contributed by atoms with Crippen LogP contribution in [-0.4, -0.2) is 58.9 Å². The van der Waals surface area contributed by atoms with Crippen LogP contribution in [0.3, 0.4) is 0 Å². The molecule has 1 N–H and O–H groups in total. The number of tetrazole rings is 1. The van der Waals surface area contributed by atoms with Crippen LogP contribution >= 0.6 is 0 Å². The molecule has 0 radical (unpaired) electrons. The third-order valence-corrected chi connectivity index (χ3v) is 5.92. The van der Waals surface area contributed by atoms with E-state index in [0.29, 0.717) is 37.3 Å². The highest BCUT2D eigenvalue weighted by atomic mass is 32.2. The SMILES string of the molecule is CS(=O)(=O)c1ccc(NC(=O)C2CCN(c3ccc4nnnn4n3)CC2)cc1. The first kappa shape index (κ1) is 18.3. The van der Waals surface area contributed by atoms with Crippen molar-refractivity contribution in [2.75, 3.05) is 29.6 Å². The molecule has 11 heteroatoms. The van der Waals surface area contributed by atoms with E-state index in [1.165, 1.54) is 16.8 Å². The number of sulfone groups is 1. The molecule has 3 heterocycles. The van der Waals surface area contributed by atoms with Gasteiger partial charge in [0.1, 0.15) is 0 Å².